The SMILES string of the molecule is CN(C)CCCN(C)c1ccc(Cl)cc1CCN. The van der Waals surface area contributed by atoms with E-state index >= 15 is 0 Å². The lowest BCUT2D eigenvalue weighted by molar-refractivity contribution is 0.401. The fraction of sp³-hybridized carbons (Fsp3) is 0.571. The molecule has 0 aliphatic rings. The quantitative estimate of drug-likeness (QED) is 0.824. The van der Waals surface area contributed by atoms with E-state index in [-0.39, 0.29) is 0 Å². The van der Waals surface area contributed by atoms with Crippen LogP contribution in [-0.2, 0) is 6.42 Å². The van der Waals surface area contributed by atoms with Gasteiger partial charge in [-0.1, -0.05) is 11.6 Å². The molecule has 0 aromatic heterocycles. The van der Waals surface area contributed by atoms with Gasteiger partial charge in [-0.05, 0) is 63.8 Å². The molecule has 1 aromatic carbocycles. The molecule has 18 heavy (non-hydrogen) atoms. The van der Waals surface area contributed by atoms with Crippen LogP contribution in [0.1, 0.15) is 12.0 Å². The molecule has 0 spiro atoms. The number of halogens is 1. The lowest BCUT2D eigenvalue weighted by Gasteiger charge is -2.23. The first-order valence-corrected chi connectivity index (χ1v) is 6.76. The highest BCUT2D eigenvalue weighted by Crippen LogP contribution is 2.24. The van der Waals surface area contributed by atoms with Crippen molar-refractivity contribution in [1.82, 2.24) is 4.90 Å². The zero-order valence-electron chi connectivity index (χ0n) is 11.6. The molecule has 0 radical (unpaired) electrons. The third-order valence-electron chi connectivity index (χ3n) is 2.97. The second kappa shape index (κ2) is 7.62. The Morgan fingerprint density at radius 1 is 1.17 bits per heavy atom. The largest absolute Gasteiger partial charge is 0.374 e. The van der Waals surface area contributed by atoms with Crippen LogP contribution < -0.4 is 10.6 Å². The molecule has 0 atom stereocenters. The summed E-state index contributed by atoms with van der Waals surface area (Å²) >= 11 is 6.04. The van der Waals surface area contributed by atoms with Gasteiger partial charge < -0.3 is 15.5 Å². The minimum Gasteiger partial charge on any atom is -0.374 e. The van der Waals surface area contributed by atoms with E-state index in [9.17, 15) is 0 Å². The predicted octanol–water partition coefficient (Wildman–Crippen LogP) is 2.23. The maximum Gasteiger partial charge on any atom is 0.0410 e. The van der Waals surface area contributed by atoms with Crippen molar-refractivity contribution in [2.75, 3.05) is 45.7 Å². The average Bonchev–Trinajstić information content (AvgIpc) is 2.29. The molecule has 0 saturated carbocycles. The lowest BCUT2D eigenvalue weighted by atomic mass is 10.1. The van der Waals surface area contributed by atoms with E-state index in [1.54, 1.807) is 0 Å². The van der Waals surface area contributed by atoms with Crippen LogP contribution in [-0.4, -0.2) is 45.7 Å². The second-order valence-electron chi connectivity index (χ2n) is 4.89. The van der Waals surface area contributed by atoms with E-state index < -0.39 is 0 Å². The van der Waals surface area contributed by atoms with E-state index in [0.29, 0.717) is 6.54 Å². The molecule has 4 heteroatoms. The summed E-state index contributed by atoms with van der Waals surface area (Å²) in [5.74, 6) is 0. The van der Waals surface area contributed by atoms with Crippen LogP contribution in [0, 0.1) is 0 Å². The van der Waals surface area contributed by atoms with E-state index in [0.717, 1.165) is 31.0 Å². The van der Waals surface area contributed by atoms with Gasteiger partial charge in [0.1, 0.15) is 0 Å². The molecule has 102 valence electrons. The molecule has 0 saturated heterocycles. The Balaban J connectivity index is 2.68. The van der Waals surface area contributed by atoms with Crippen molar-refractivity contribution in [2.24, 2.45) is 5.73 Å². The maximum atomic E-state index is 6.04. The molecule has 0 fully saturated rings. The van der Waals surface area contributed by atoms with Crippen molar-refractivity contribution in [3.63, 3.8) is 0 Å². The molecule has 0 unspecified atom stereocenters. The summed E-state index contributed by atoms with van der Waals surface area (Å²) in [5.41, 5.74) is 8.12. The van der Waals surface area contributed by atoms with Crippen LogP contribution in [0.15, 0.2) is 18.2 Å². The van der Waals surface area contributed by atoms with Crippen molar-refractivity contribution in [1.29, 1.82) is 0 Å². The zero-order valence-corrected chi connectivity index (χ0v) is 12.4. The summed E-state index contributed by atoms with van der Waals surface area (Å²) < 4.78 is 0. The molecule has 0 bridgehead atoms. The smallest absolute Gasteiger partial charge is 0.0410 e. The van der Waals surface area contributed by atoms with Gasteiger partial charge in [-0.2, -0.15) is 0 Å². The molecule has 0 amide bonds. The third kappa shape index (κ3) is 4.84. The highest BCUT2D eigenvalue weighted by Gasteiger charge is 2.07. The number of benzene rings is 1. The van der Waals surface area contributed by atoms with E-state index in [2.05, 4.69) is 37.0 Å². The summed E-state index contributed by atoms with van der Waals surface area (Å²) in [7, 11) is 6.32. The topological polar surface area (TPSA) is 32.5 Å². The Bertz CT molecular complexity index is 366. The standard InChI is InChI=1S/C14H24ClN3/c1-17(2)9-4-10-18(3)14-6-5-13(15)11-12(14)7-8-16/h5-6,11H,4,7-10,16H2,1-3H3. The second-order valence-corrected chi connectivity index (χ2v) is 5.33. The maximum absolute atomic E-state index is 6.04. The van der Waals surface area contributed by atoms with Crippen molar-refractivity contribution >= 4 is 17.3 Å². The van der Waals surface area contributed by atoms with Crippen LogP contribution in [0.5, 0.6) is 0 Å². The summed E-state index contributed by atoms with van der Waals surface area (Å²) in [6, 6.07) is 6.05. The van der Waals surface area contributed by atoms with Gasteiger partial charge in [-0.15, -0.1) is 0 Å². The normalized spacial score (nSPS) is 11.0. The Labute approximate surface area is 116 Å². The van der Waals surface area contributed by atoms with Gasteiger partial charge in [-0.25, -0.2) is 0 Å². The summed E-state index contributed by atoms with van der Waals surface area (Å²) in [5, 5.41) is 0.781. The van der Waals surface area contributed by atoms with Crippen LogP contribution in [0.25, 0.3) is 0 Å². The van der Waals surface area contributed by atoms with Crippen molar-refractivity contribution < 1.29 is 0 Å². The zero-order chi connectivity index (χ0) is 13.5. The third-order valence-corrected chi connectivity index (χ3v) is 3.20. The van der Waals surface area contributed by atoms with Gasteiger partial charge in [0.15, 0.2) is 0 Å². The fourth-order valence-corrected chi connectivity index (χ4v) is 2.22. The van der Waals surface area contributed by atoms with Gasteiger partial charge >= 0.3 is 0 Å². The van der Waals surface area contributed by atoms with Gasteiger partial charge in [-0.3, -0.25) is 0 Å². The Kier molecular flexibility index (Phi) is 6.47. The molecule has 0 aliphatic carbocycles. The number of hydrogen-bond donors (Lipinski definition) is 1. The molecular formula is C14H24ClN3. The first-order chi connectivity index (χ1) is 8.54. The van der Waals surface area contributed by atoms with Crippen LogP contribution in [0.2, 0.25) is 5.02 Å². The Morgan fingerprint density at radius 2 is 1.89 bits per heavy atom. The van der Waals surface area contributed by atoms with Crippen molar-refractivity contribution in [3.8, 4) is 0 Å². The fourth-order valence-electron chi connectivity index (χ4n) is 2.03. The first kappa shape index (κ1) is 15.3. The average molecular weight is 270 g/mol. The first-order valence-electron chi connectivity index (χ1n) is 6.39. The Hall–Kier alpha value is -0.770. The lowest BCUT2D eigenvalue weighted by Crippen LogP contribution is -2.24. The minimum atomic E-state index is 0.652. The highest BCUT2D eigenvalue weighted by molar-refractivity contribution is 6.30. The van der Waals surface area contributed by atoms with E-state index in [1.807, 2.05) is 12.1 Å². The van der Waals surface area contributed by atoms with Crippen LogP contribution >= 0.6 is 11.6 Å². The predicted molar refractivity (Wildman–Crippen MR) is 80.7 cm³/mol. The number of anilines is 1. The van der Waals surface area contributed by atoms with Gasteiger partial charge in [0, 0.05) is 24.3 Å². The van der Waals surface area contributed by atoms with Crippen LogP contribution in [0.4, 0.5) is 5.69 Å². The minimum absolute atomic E-state index is 0.652. The summed E-state index contributed by atoms with van der Waals surface area (Å²) in [6.45, 7) is 2.79. The molecule has 1 aromatic rings. The van der Waals surface area contributed by atoms with E-state index in [1.165, 1.54) is 11.3 Å². The summed E-state index contributed by atoms with van der Waals surface area (Å²) in [4.78, 5) is 4.49. The molecular weight excluding hydrogens is 246 g/mol. The van der Waals surface area contributed by atoms with E-state index in [4.69, 9.17) is 17.3 Å². The van der Waals surface area contributed by atoms with Crippen molar-refractivity contribution in [2.45, 2.75) is 12.8 Å². The summed E-state index contributed by atoms with van der Waals surface area (Å²) in [6.07, 6.45) is 2.02. The van der Waals surface area contributed by atoms with Gasteiger partial charge in [0.2, 0.25) is 0 Å². The molecule has 2 N–H and O–H groups in total. The van der Waals surface area contributed by atoms with Gasteiger partial charge in [0.05, 0.1) is 0 Å². The number of nitrogens with zero attached hydrogens (tertiary/aromatic N) is 2. The van der Waals surface area contributed by atoms with Crippen molar-refractivity contribution in [3.05, 3.63) is 28.8 Å². The number of rotatable bonds is 7. The Morgan fingerprint density at radius 3 is 2.50 bits per heavy atom. The van der Waals surface area contributed by atoms with Gasteiger partial charge in [0.25, 0.3) is 0 Å². The molecule has 0 aliphatic heterocycles. The number of hydrogen-bond acceptors (Lipinski definition) is 3. The number of nitrogens with two attached hydrogens (primary N) is 1. The molecule has 0 heterocycles. The highest BCUT2D eigenvalue weighted by atomic mass is 35.5. The molecule has 3 nitrogen and oxygen atoms in total. The monoisotopic (exact) mass is 269 g/mol. The molecule has 1 rings (SSSR count). The van der Waals surface area contributed by atoms with Crippen LogP contribution in [0.3, 0.4) is 0 Å².